The fraction of sp³-hybridized carbons (Fsp3) is 0.286. The highest BCUT2D eigenvalue weighted by Crippen LogP contribution is 2.32. The Morgan fingerprint density at radius 2 is 1.91 bits per heavy atom. The molecular weight excluding hydrogens is 356 g/mol. The van der Waals surface area contributed by atoms with Crippen molar-refractivity contribution in [3.8, 4) is 0 Å². The number of hydrogen-bond acceptors (Lipinski definition) is 6. The van der Waals surface area contributed by atoms with Gasteiger partial charge in [-0.05, 0) is 23.8 Å². The lowest BCUT2D eigenvalue weighted by Crippen LogP contribution is -2.32. The molecule has 0 saturated carbocycles. The van der Waals surface area contributed by atoms with Gasteiger partial charge in [0.05, 0.1) is 10.7 Å². The second-order valence-corrected chi connectivity index (χ2v) is 8.35. The number of amides is 1. The van der Waals surface area contributed by atoms with E-state index in [1.54, 1.807) is 6.08 Å². The van der Waals surface area contributed by atoms with Gasteiger partial charge in [0.15, 0.2) is 0 Å². The minimum Gasteiger partial charge on any atom is -0.378 e. The van der Waals surface area contributed by atoms with Crippen molar-refractivity contribution in [2.24, 2.45) is 0 Å². The van der Waals surface area contributed by atoms with Gasteiger partial charge in [0.2, 0.25) is 0 Å². The van der Waals surface area contributed by atoms with Crippen LogP contribution in [0.2, 0.25) is 0 Å². The number of carbonyl (C=O) groups excluding carboxylic acids is 1. The summed E-state index contributed by atoms with van der Waals surface area (Å²) in [4.78, 5) is 15.9. The van der Waals surface area contributed by atoms with Crippen LogP contribution in [0.15, 0.2) is 29.2 Å². The molecule has 1 amide bonds. The lowest BCUT2D eigenvalue weighted by molar-refractivity contribution is -0.121. The van der Waals surface area contributed by atoms with Gasteiger partial charge in [0, 0.05) is 26.3 Å². The van der Waals surface area contributed by atoms with Gasteiger partial charge < -0.3 is 4.90 Å². The molecule has 0 aromatic heterocycles. The third-order valence-corrected chi connectivity index (χ3v) is 5.23. The first-order valence-electron chi connectivity index (χ1n) is 6.65. The number of benzene rings is 1. The zero-order valence-electron chi connectivity index (χ0n) is 12.6. The molecule has 1 aliphatic rings. The van der Waals surface area contributed by atoms with Crippen LogP contribution in [0.5, 0.6) is 0 Å². The minimum absolute atomic E-state index is 0.152. The maximum atomic E-state index is 12.3. The summed E-state index contributed by atoms with van der Waals surface area (Å²) in [5, 5.41) is 0. The molecule has 1 aliphatic heterocycles. The third-order valence-electron chi connectivity index (χ3n) is 3.15. The highest BCUT2D eigenvalue weighted by Gasteiger charge is 2.32. The van der Waals surface area contributed by atoms with Crippen LogP contribution in [0.4, 0.5) is 5.69 Å². The second kappa shape index (κ2) is 7.00. The number of thiocarbonyl (C=S) groups is 1. The highest BCUT2D eigenvalue weighted by atomic mass is 32.2. The average Bonchev–Trinajstić information content (AvgIpc) is 2.71. The van der Waals surface area contributed by atoms with Gasteiger partial charge in [-0.2, -0.15) is 8.42 Å². The Labute approximate surface area is 144 Å². The zero-order chi connectivity index (χ0) is 17.2. The van der Waals surface area contributed by atoms with Crippen molar-refractivity contribution >= 4 is 56.1 Å². The van der Waals surface area contributed by atoms with Crippen LogP contribution in [0.3, 0.4) is 0 Å². The van der Waals surface area contributed by atoms with Crippen LogP contribution < -0.4 is 4.90 Å². The van der Waals surface area contributed by atoms with Crippen molar-refractivity contribution in [1.29, 1.82) is 0 Å². The molecule has 9 heteroatoms. The molecule has 1 fully saturated rings. The van der Waals surface area contributed by atoms with Crippen LogP contribution in [0.25, 0.3) is 6.08 Å². The molecule has 0 atom stereocenters. The fourth-order valence-corrected chi connectivity index (χ4v) is 3.64. The summed E-state index contributed by atoms with van der Waals surface area (Å²) in [6.45, 7) is -0.152. The molecule has 0 radical (unpaired) electrons. The quantitative estimate of drug-likeness (QED) is 0.480. The van der Waals surface area contributed by atoms with Crippen molar-refractivity contribution in [2.45, 2.75) is 0 Å². The van der Waals surface area contributed by atoms with Gasteiger partial charge in [0.25, 0.3) is 16.0 Å². The monoisotopic (exact) mass is 372 g/mol. The predicted molar refractivity (Wildman–Crippen MR) is 97.1 cm³/mol. The number of hydrogen-bond donors (Lipinski definition) is 1. The molecule has 1 heterocycles. The predicted octanol–water partition coefficient (Wildman–Crippen LogP) is 1.84. The lowest BCUT2D eigenvalue weighted by atomic mass is 10.2. The Balaban J connectivity index is 2.14. The van der Waals surface area contributed by atoms with Crippen LogP contribution in [0.1, 0.15) is 5.56 Å². The Kier molecular flexibility index (Phi) is 5.45. The summed E-state index contributed by atoms with van der Waals surface area (Å²) in [7, 11) is -0.255. The molecule has 1 aromatic rings. The molecule has 0 bridgehead atoms. The standard InChI is InChI=1S/C14H16N2O4S3/c1-15(2)11-5-3-10(4-6-11)9-12-13(17)16(14(21)22-12)7-8-23(18,19)20/h3-6,9H,7-8H2,1-2H3,(H,18,19,20). The number of anilines is 1. The van der Waals surface area contributed by atoms with E-state index in [1.165, 1.54) is 4.90 Å². The van der Waals surface area contributed by atoms with Crippen molar-refractivity contribution in [3.05, 3.63) is 34.7 Å². The van der Waals surface area contributed by atoms with Gasteiger partial charge in [0.1, 0.15) is 4.32 Å². The molecular formula is C14H16N2O4S3. The van der Waals surface area contributed by atoms with Crippen molar-refractivity contribution in [1.82, 2.24) is 4.90 Å². The van der Waals surface area contributed by atoms with E-state index in [0.29, 0.717) is 4.91 Å². The Morgan fingerprint density at radius 3 is 2.43 bits per heavy atom. The van der Waals surface area contributed by atoms with Gasteiger partial charge in [-0.1, -0.05) is 36.1 Å². The number of thioether (sulfide) groups is 1. The maximum Gasteiger partial charge on any atom is 0.266 e. The summed E-state index contributed by atoms with van der Waals surface area (Å²) in [6, 6.07) is 7.65. The molecule has 0 aliphatic carbocycles. The first-order valence-corrected chi connectivity index (χ1v) is 9.49. The molecule has 23 heavy (non-hydrogen) atoms. The summed E-state index contributed by atoms with van der Waals surface area (Å²) < 4.78 is 30.7. The van der Waals surface area contributed by atoms with E-state index in [1.807, 2.05) is 43.3 Å². The summed E-state index contributed by atoms with van der Waals surface area (Å²) in [6.07, 6.45) is 1.71. The number of rotatable bonds is 5. The first kappa shape index (κ1) is 17.9. The SMILES string of the molecule is CN(C)c1ccc(C=C2SC(=S)N(CCS(=O)(=O)O)C2=O)cc1. The molecule has 1 saturated heterocycles. The van der Waals surface area contributed by atoms with Gasteiger partial charge in [-0.15, -0.1) is 0 Å². The molecule has 1 aromatic carbocycles. The maximum absolute atomic E-state index is 12.3. The largest absolute Gasteiger partial charge is 0.378 e. The highest BCUT2D eigenvalue weighted by molar-refractivity contribution is 8.26. The molecule has 0 spiro atoms. The molecule has 0 unspecified atom stereocenters. The average molecular weight is 372 g/mol. The van der Waals surface area contributed by atoms with E-state index in [2.05, 4.69) is 0 Å². The Bertz CT molecular complexity index is 755. The van der Waals surface area contributed by atoms with Crippen LogP contribution >= 0.6 is 24.0 Å². The van der Waals surface area contributed by atoms with Crippen LogP contribution in [-0.4, -0.2) is 54.5 Å². The summed E-state index contributed by atoms with van der Waals surface area (Å²) >= 11 is 6.22. The fourth-order valence-electron chi connectivity index (χ4n) is 1.92. The molecule has 6 nitrogen and oxygen atoms in total. The van der Waals surface area contributed by atoms with Gasteiger partial charge in [-0.25, -0.2) is 0 Å². The Hall–Kier alpha value is -1.42. The van der Waals surface area contributed by atoms with Crippen molar-refractivity contribution in [2.75, 3.05) is 31.3 Å². The molecule has 2 rings (SSSR count). The molecule has 124 valence electrons. The number of carbonyl (C=O) groups is 1. The summed E-state index contributed by atoms with van der Waals surface area (Å²) in [5.74, 6) is -0.884. The lowest BCUT2D eigenvalue weighted by Gasteiger charge is -2.13. The van der Waals surface area contributed by atoms with E-state index in [9.17, 15) is 13.2 Å². The zero-order valence-corrected chi connectivity index (χ0v) is 15.0. The van der Waals surface area contributed by atoms with Crippen LogP contribution in [-0.2, 0) is 14.9 Å². The summed E-state index contributed by atoms with van der Waals surface area (Å²) in [5.41, 5.74) is 1.90. The normalized spacial score (nSPS) is 17.2. The van der Waals surface area contributed by atoms with E-state index in [-0.39, 0.29) is 16.8 Å². The van der Waals surface area contributed by atoms with E-state index in [4.69, 9.17) is 16.8 Å². The number of nitrogens with zero attached hydrogens (tertiary/aromatic N) is 2. The first-order chi connectivity index (χ1) is 10.7. The topological polar surface area (TPSA) is 77.9 Å². The Morgan fingerprint density at radius 1 is 1.30 bits per heavy atom. The van der Waals surface area contributed by atoms with Crippen molar-refractivity contribution < 1.29 is 17.8 Å². The van der Waals surface area contributed by atoms with E-state index in [0.717, 1.165) is 23.0 Å². The van der Waals surface area contributed by atoms with Crippen molar-refractivity contribution in [3.63, 3.8) is 0 Å². The van der Waals surface area contributed by atoms with E-state index >= 15 is 0 Å². The molecule has 1 N–H and O–H groups in total. The van der Waals surface area contributed by atoms with Gasteiger partial charge >= 0.3 is 0 Å². The van der Waals surface area contributed by atoms with Crippen LogP contribution in [0, 0.1) is 0 Å². The smallest absolute Gasteiger partial charge is 0.266 e. The van der Waals surface area contributed by atoms with Gasteiger partial charge in [-0.3, -0.25) is 14.2 Å². The van der Waals surface area contributed by atoms with E-state index < -0.39 is 15.9 Å². The minimum atomic E-state index is -4.13. The second-order valence-electron chi connectivity index (χ2n) is 5.11. The third kappa shape index (κ3) is 4.77.